The van der Waals surface area contributed by atoms with Gasteiger partial charge in [-0.2, -0.15) is 0 Å². The molecule has 0 aliphatic heterocycles. The van der Waals surface area contributed by atoms with Crippen LogP contribution in [-0.2, 0) is 54.5 Å². The summed E-state index contributed by atoms with van der Waals surface area (Å²) in [7, 11) is 0. The van der Waals surface area contributed by atoms with Gasteiger partial charge in [0.15, 0.2) is 5.96 Å². The third-order valence-corrected chi connectivity index (χ3v) is 11.2. The molecule has 4 aromatic rings. The van der Waals surface area contributed by atoms with Crippen molar-refractivity contribution in [3.05, 3.63) is 106 Å². The topological polar surface area (TPSA) is 269 Å². The fourth-order valence-corrected chi connectivity index (χ4v) is 7.90. The van der Waals surface area contributed by atoms with Crippen LogP contribution in [0, 0.1) is 0 Å². The highest BCUT2D eigenvalue weighted by molar-refractivity contribution is 9.10. The van der Waals surface area contributed by atoms with Gasteiger partial charge in [-0.05, 0) is 72.6 Å². The van der Waals surface area contributed by atoms with Gasteiger partial charge in [0.1, 0.15) is 23.7 Å². The first-order chi connectivity index (χ1) is 29.3. The van der Waals surface area contributed by atoms with Crippen molar-refractivity contribution in [2.75, 3.05) is 13.1 Å². The van der Waals surface area contributed by atoms with E-state index in [9.17, 15) is 28.8 Å². The average Bonchev–Trinajstić information content (AvgIpc) is 3.65. The minimum atomic E-state index is -1.36. The summed E-state index contributed by atoms with van der Waals surface area (Å²) in [6.45, 7) is 1.66. The van der Waals surface area contributed by atoms with Crippen molar-refractivity contribution in [2.45, 2.75) is 94.8 Å². The van der Waals surface area contributed by atoms with Gasteiger partial charge in [-0.1, -0.05) is 83.9 Å². The zero-order valence-corrected chi connectivity index (χ0v) is 35.8. The molecule has 0 fully saturated rings. The molecule has 1 aromatic heterocycles. The number of carbonyl (C=O) groups excluding carboxylic acids is 6. The van der Waals surface area contributed by atoms with E-state index in [4.69, 9.17) is 17.2 Å². The average molecular weight is 900 g/mol. The first-order valence-electron chi connectivity index (χ1n) is 20.5. The van der Waals surface area contributed by atoms with Gasteiger partial charge in [-0.3, -0.25) is 33.8 Å². The number of nitrogens with one attached hydrogen (secondary N) is 6. The van der Waals surface area contributed by atoms with E-state index in [1.807, 2.05) is 79.7 Å². The molecule has 0 saturated carbocycles. The normalized spacial score (nSPS) is 15.9. The van der Waals surface area contributed by atoms with Gasteiger partial charge >= 0.3 is 0 Å². The van der Waals surface area contributed by atoms with Crippen LogP contribution in [0.1, 0.15) is 67.7 Å². The number of halogens is 1. The maximum absolute atomic E-state index is 14.7. The van der Waals surface area contributed by atoms with Crippen LogP contribution in [0.15, 0.2) is 88.5 Å². The molecule has 0 radical (unpaired) electrons. The summed E-state index contributed by atoms with van der Waals surface area (Å²) in [5, 5.41) is 15.0. The van der Waals surface area contributed by atoms with E-state index >= 15 is 0 Å². The molecular formula is C44H55BrN10O6. The number of aryl methyl sites for hydroxylation is 1. The Morgan fingerprint density at radius 1 is 0.820 bits per heavy atom. The molecule has 1 heterocycles. The van der Waals surface area contributed by atoms with Crippen molar-refractivity contribution in [1.29, 1.82) is 0 Å². The number of hydrogen-bond donors (Lipinski definition) is 9. The van der Waals surface area contributed by atoms with Gasteiger partial charge < -0.3 is 48.8 Å². The maximum Gasteiger partial charge on any atom is 0.246 e. The molecule has 17 heteroatoms. The van der Waals surface area contributed by atoms with Crippen molar-refractivity contribution in [1.82, 2.24) is 31.6 Å². The highest BCUT2D eigenvalue weighted by atomic mass is 79.9. The summed E-state index contributed by atoms with van der Waals surface area (Å²) in [4.78, 5) is 89.1. The summed E-state index contributed by atoms with van der Waals surface area (Å²) in [6.07, 6.45) is 4.84. The number of fused-ring (bicyclic) bond motifs is 2. The van der Waals surface area contributed by atoms with Crippen LogP contribution in [-0.4, -0.2) is 83.1 Å². The number of aliphatic imine (C=N–C) groups is 1. The highest BCUT2D eigenvalue weighted by Crippen LogP contribution is 2.32. The molecule has 3 aromatic carbocycles. The van der Waals surface area contributed by atoms with E-state index < -0.39 is 59.7 Å². The number of rotatable bonds is 21. The van der Waals surface area contributed by atoms with Crippen LogP contribution in [0.25, 0.3) is 10.9 Å². The lowest BCUT2D eigenvalue weighted by atomic mass is 9.77. The van der Waals surface area contributed by atoms with E-state index in [0.717, 1.165) is 44.1 Å². The van der Waals surface area contributed by atoms with Gasteiger partial charge in [0.05, 0.1) is 6.54 Å². The van der Waals surface area contributed by atoms with Crippen molar-refractivity contribution in [2.24, 2.45) is 22.2 Å². The summed E-state index contributed by atoms with van der Waals surface area (Å²) in [5.41, 5.74) is 19.3. The number of amides is 6. The Hall–Kier alpha value is -6.23. The number of hydrogen-bond acceptors (Lipinski definition) is 7. The second-order valence-corrected chi connectivity index (χ2v) is 16.3. The number of benzene rings is 3. The number of H-pyrrole nitrogens is 1. The molecular weight excluding hydrogens is 844 g/mol. The quantitative estimate of drug-likeness (QED) is 0.0339. The second kappa shape index (κ2) is 21.9. The van der Waals surface area contributed by atoms with E-state index in [0.29, 0.717) is 19.3 Å². The summed E-state index contributed by atoms with van der Waals surface area (Å²) >= 11 is 3.54. The number of unbranched alkanes of at least 4 members (excludes halogenated alkanes) is 1. The molecule has 324 valence electrons. The lowest BCUT2D eigenvalue weighted by molar-refractivity contribution is -0.137. The molecule has 6 amide bonds. The van der Waals surface area contributed by atoms with Crippen LogP contribution in [0.3, 0.4) is 0 Å². The fourth-order valence-electron chi connectivity index (χ4n) is 7.49. The number of aromatic amines is 1. The van der Waals surface area contributed by atoms with Crippen LogP contribution >= 0.6 is 15.9 Å². The zero-order chi connectivity index (χ0) is 43.9. The molecule has 0 unspecified atom stereocenters. The Morgan fingerprint density at radius 3 is 2.26 bits per heavy atom. The highest BCUT2D eigenvalue weighted by Gasteiger charge is 2.44. The summed E-state index contributed by atoms with van der Waals surface area (Å²) < 4.78 is 0.833. The SMILES string of the molecule is CCCCC(=O)N[C@@]1(C(=O)N[C@H](Cc2ccccc2)C(=O)N[C@@H](CCCN=C(N)N)C(=O)N[C@@H](Cc2c[nH]c3ccccc23)C(=O)NCC(N)=O)CCc2ccc(Br)cc2C1. The molecule has 1 aliphatic rings. The number of aromatic nitrogens is 1. The largest absolute Gasteiger partial charge is 0.370 e. The fraction of sp³-hybridized carbons (Fsp3) is 0.386. The smallest absolute Gasteiger partial charge is 0.246 e. The van der Waals surface area contributed by atoms with Gasteiger partial charge in [0, 0.05) is 53.8 Å². The number of para-hydroxylation sites is 1. The number of nitrogens with zero attached hydrogens (tertiary/aromatic N) is 1. The lowest BCUT2D eigenvalue weighted by Gasteiger charge is -2.39. The summed E-state index contributed by atoms with van der Waals surface area (Å²) in [5.74, 6) is -3.74. The third-order valence-electron chi connectivity index (χ3n) is 10.7. The Labute approximate surface area is 363 Å². The predicted octanol–water partition coefficient (Wildman–Crippen LogP) is 2.06. The molecule has 5 rings (SSSR count). The maximum atomic E-state index is 14.7. The number of guanidine groups is 1. The number of nitrogens with two attached hydrogens (primary N) is 3. The Bertz CT molecular complexity index is 2230. The molecule has 4 atom stereocenters. The molecule has 0 bridgehead atoms. The molecule has 1 aliphatic carbocycles. The molecule has 0 saturated heterocycles. The van der Waals surface area contributed by atoms with Crippen molar-refractivity contribution in [3.63, 3.8) is 0 Å². The van der Waals surface area contributed by atoms with Gasteiger partial charge in [0.2, 0.25) is 35.4 Å². The number of primary amides is 1. The third kappa shape index (κ3) is 13.1. The Balaban J connectivity index is 1.44. The van der Waals surface area contributed by atoms with E-state index in [1.54, 1.807) is 6.20 Å². The first-order valence-corrected chi connectivity index (χ1v) is 21.3. The van der Waals surface area contributed by atoms with Crippen LogP contribution in [0.2, 0.25) is 0 Å². The van der Waals surface area contributed by atoms with Crippen LogP contribution < -0.4 is 43.8 Å². The van der Waals surface area contributed by atoms with E-state index in [2.05, 4.69) is 52.5 Å². The molecule has 16 nitrogen and oxygen atoms in total. The van der Waals surface area contributed by atoms with E-state index in [-0.39, 0.29) is 56.9 Å². The second-order valence-electron chi connectivity index (χ2n) is 15.4. The molecule has 12 N–H and O–H groups in total. The molecule has 61 heavy (non-hydrogen) atoms. The van der Waals surface area contributed by atoms with Crippen LogP contribution in [0.4, 0.5) is 0 Å². The zero-order valence-electron chi connectivity index (χ0n) is 34.2. The Kier molecular flexibility index (Phi) is 16.4. The minimum absolute atomic E-state index is 0.0352. The number of carbonyl (C=O) groups is 6. The van der Waals surface area contributed by atoms with Gasteiger partial charge in [-0.15, -0.1) is 0 Å². The van der Waals surface area contributed by atoms with Crippen molar-refractivity contribution in [3.8, 4) is 0 Å². The van der Waals surface area contributed by atoms with Crippen LogP contribution in [0.5, 0.6) is 0 Å². The van der Waals surface area contributed by atoms with Crippen molar-refractivity contribution >= 4 is 68.2 Å². The van der Waals surface area contributed by atoms with Gasteiger partial charge in [-0.25, -0.2) is 0 Å². The van der Waals surface area contributed by atoms with E-state index in [1.165, 1.54) is 0 Å². The molecule has 0 spiro atoms. The lowest BCUT2D eigenvalue weighted by Crippen LogP contribution is -2.65. The van der Waals surface area contributed by atoms with Crippen molar-refractivity contribution < 1.29 is 28.8 Å². The Morgan fingerprint density at radius 2 is 1.52 bits per heavy atom. The summed E-state index contributed by atoms with van der Waals surface area (Å²) in [6, 6.07) is 18.8. The predicted molar refractivity (Wildman–Crippen MR) is 237 cm³/mol. The monoisotopic (exact) mass is 898 g/mol. The minimum Gasteiger partial charge on any atom is -0.370 e. The first kappa shape index (κ1) is 45.8. The standard InChI is InChI=1S/C44H55BrN10O6/c1-2-3-15-38(57)55-44(19-18-28-16-17-31(45)22-29(28)24-44)42(61)54-35(21-27-10-5-4-6-11-27)41(60)52-34(14-9-20-49-43(47)48)40(59)53-36(39(58)51-26-37(46)56)23-30-25-50-33-13-8-7-12-32(30)33/h4-8,10-13,16-17,22,25,34-36,50H,2-3,9,14-15,18-21,23-24,26H2,1H3,(H2,46,56)(H,51,58)(H,52,60)(H,53,59)(H,54,61)(H,55,57)(H4,47,48,49)/t34-,35+,36-,44-/m0/s1. The van der Waals surface area contributed by atoms with Gasteiger partial charge in [0.25, 0.3) is 0 Å².